The molecule has 0 aliphatic carbocycles. The molecule has 2 N–H and O–H groups in total. The molecule has 11 nitrogen and oxygen atoms in total. The second-order valence-electron chi connectivity index (χ2n) is 12.8. The number of carboxylic acid groups (broad SMARTS) is 1. The Kier molecular flexibility index (Phi) is 11.5. The van der Waals surface area contributed by atoms with Crippen LogP contribution in [0, 0.1) is 5.41 Å². The van der Waals surface area contributed by atoms with Gasteiger partial charge >= 0.3 is 5.97 Å². The molecule has 0 saturated carbocycles. The summed E-state index contributed by atoms with van der Waals surface area (Å²) < 4.78 is 13.2. The summed E-state index contributed by atoms with van der Waals surface area (Å²) in [6.07, 6.45) is 15.2. The smallest absolute Gasteiger partial charge is 0.341 e. The Labute approximate surface area is 267 Å². The normalized spacial score (nSPS) is 17.1. The summed E-state index contributed by atoms with van der Waals surface area (Å²) in [6.45, 7) is 13.1. The predicted molar refractivity (Wildman–Crippen MR) is 173 cm³/mol. The lowest BCUT2D eigenvalue weighted by molar-refractivity contribution is -0.139. The van der Waals surface area contributed by atoms with Gasteiger partial charge in [-0.3, -0.25) is 4.90 Å². The van der Waals surface area contributed by atoms with Crippen molar-refractivity contribution in [2.45, 2.75) is 84.6 Å². The van der Waals surface area contributed by atoms with Crippen LogP contribution < -0.4 is 9.47 Å². The van der Waals surface area contributed by atoms with Crippen LogP contribution in [0.4, 0.5) is 0 Å². The maximum Gasteiger partial charge on any atom is 0.341 e. The number of aromatic amines is 1. The molecular weight excluding hydrogens is 570 g/mol. The number of ether oxygens (including phenoxy) is 2. The van der Waals surface area contributed by atoms with Gasteiger partial charge in [-0.25, -0.2) is 14.8 Å². The van der Waals surface area contributed by atoms with Gasteiger partial charge in [-0.1, -0.05) is 19.9 Å². The fourth-order valence-electron chi connectivity index (χ4n) is 7.25. The molecule has 246 valence electrons. The van der Waals surface area contributed by atoms with Crippen molar-refractivity contribution >= 4 is 5.97 Å². The van der Waals surface area contributed by atoms with Gasteiger partial charge in [-0.2, -0.15) is 0 Å². The molecule has 0 atom stereocenters. The van der Waals surface area contributed by atoms with Crippen LogP contribution in [0.2, 0.25) is 0 Å². The minimum atomic E-state index is -1.03. The van der Waals surface area contributed by atoms with E-state index in [1.165, 1.54) is 58.3 Å². The number of hydrogen-bond donors (Lipinski definition) is 2. The highest BCUT2D eigenvalue weighted by Gasteiger charge is 2.40. The fourth-order valence-corrected chi connectivity index (χ4v) is 7.25. The fraction of sp³-hybridized carbons (Fsp3) is 0.618. The number of carboxylic acids is 1. The average molecular weight is 622 g/mol. The van der Waals surface area contributed by atoms with Gasteiger partial charge in [0.2, 0.25) is 0 Å². The standard InChI is InChI=1S/C34H51N7O4/c1-4-28(5-2)40-18-10-34(11-19-40)9-17-38(26-34)15-6-16-41-20-14-37-32(41)24-39(23-31-35-12-13-36-31)22-27-7-8-29(44-3)30(21-27)45-25-33(42)43/h7-8,12-14,20-21,28H,4-6,9-11,15-19,22-26H2,1-3H3,(H,35,36)(H,42,43). The van der Waals surface area contributed by atoms with Crippen molar-refractivity contribution in [3.8, 4) is 11.5 Å². The summed E-state index contributed by atoms with van der Waals surface area (Å²) in [5.74, 6) is 1.78. The van der Waals surface area contributed by atoms with Crippen LogP contribution in [-0.2, 0) is 31.0 Å². The summed E-state index contributed by atoms with van der Waals surface area (Å²) in [4.78, 5) is 31.2. The van der Waals surface area contributed by atoms with E-state index in [-0.39, 0.29) is 0 Å². The molecule has 2 fully saturated rings. The second kappa shape index (κ2) is 15.7. The number of nitrogens with one attached hydrogen (secondary N) is 1. The van der Waals surface area contributed by atoms with E-state index in [0.29, 0.717) is 36.5 Å². The van der Waals surface area contributed by atoms with Crippen LogP contribution in [0.5, 0.6) is 11.5 Å². The van der Waals surface area contributed by atoms with Crippen LogP contribution in [0.3, 0.4) is 0 Å². The largest absolute Gasteiger partial charge is 0.493 e. The number of rotatable bonds is 17. The Hall–Kier alpha value is -3.41. The zero-order valence-electron chi connectivity index (χ0n) is 27.3. The molecule has 2 saturated heterocycles. The minimum Gasteiger partial charge on any atom is -0.493 e. The first-order valence-corrected chi connectivity index (χ1v) is 16.6. The van der Waals surface area contributed by atoms with E-state index in [4.69, 9.17) is 19.6 Å². The molecule has 0 bridgehead atoms. The van der Waals surface area contributed by atoms with Crippen molar-refractivity contribution in [2.24, 2.45) is 5.41 Å². The number of carbonyl (C=O) groups is 1. The van der Waals surface area contributed by atoms with E-state index in [1.807, 2.05) is 30.6 Å². The number of aliphatic carboxylic acids is 1. The highest BCUT2D eigenvalue weighted by Crippen LogP contribution is 2.41. The number of benzene rings is 1. The average Bonchev–Trinajstić information content (AvgIpc) is 3.81. The third-order valence-corrected chi connectivity index (χ3v) is 9.79. The molecule has 11 heteroatoms. The Balaban J connectivity index is 1.16. The molecule has 0 unspecified atom stereocenters. The third-order valence-electron chi connectivity index (χ3n) is 9.79. The van der Waals surface area contributed by atoms with Crippen LogP contribution in [-0.4, -0.2) is 97.8 Å². The Bertz CT molecular complexity index is 1330. The van der Waals surface area contributed by atoms with Gasteiger partial charge in [0.25, 0.3) is 0 Å². The van der Waals surface area contributed by atoms with Gasteiger partial charge in [-0.05, 0) is 87.8 Å². The van der Waals surface area contributed by atoms with Crippen molar-refractivity contribution in [3.63, 3.8) is 0 Å². The first kappa shape index (κ1) is 33.0. The van der Waals surface area contributed by atoms with Gasteiger partial charge in [0.1, 0.15) is 11.6 Å². The Morgan fingerprint density at radius 3 is 2.56 bits per heavy atom. The zero-order valence-corrected chi connectivity index (χ0v) is 27.3. The maximum absolute atomic E-state index is 11.1. The molecule has 2 aliphatic rings. The maximum atomic E-state index is 11.1. The van der Waals surface area contributed by atoms with Crippen LogP contribution in [0.1, 0.15) is 69.6 Å². The van der Waals surface area contributed by atoms with Crippen LogP contribution in [0.25, 0.3) is 0 Å². The summed E-state index contributed by atoms with van der Waals surface area (Å²) in [6, 6.07) is 6.40. The number of methoxy groups -OCH3 is 1. The van der Waals surface area contributed by atoms with E-state index in [1.54, 1.807) is 13.3 Å². The molecule has 1 aromatic carbocycles. The number of H-pyrrole nitrogens is 1. The molecule has 4 heterocycles. The van der Waals surface area contributed by atoms with E-state index >= 15 is 0 Å². The lowest BCUT2D eigenvalue weighted by atomic mass is 9.77. The third kappa shape index (κ3) is 8.86. The first-order chi connectivity index (χ1) is 21.9. The SMILES string of the molecule is CCC(CC)N1CCC2(CCN(CCCn3ccnc3CN(Cc3ccc(OC)c(OCC(=O)O)c3)Cc3ncc[nH]3)C2)CC1. The molecule has 5 rings (SSSR count). The molecule has 3 aromatic rings. The van der Waals surface area contributed by atoms with Crippen molar-refractivity contribution in [2.75, 3.05) is 46.4 Å². The van der Waals surface area contributed by atoms with E-state index in [2.05, 4.69) is 49.3 Å². The molecule has 0 amide bonds. The Morgan fingerprint density at radius 2 is 1.84 bits per heavy atom. The van der Waals surface area contributed by atoms with Gasteiger partial charge < -0.3 is 33.9 Å². The van der Waals surface area contributed by atoms with Crippen LogP contribution in [0.15, 0.2) is 43.0 Å². The van der Waals surface area contributed by atoms with Crippen molar-refractivity contribution in [1.82, 2.24) is 34.2 Å². The number of piperidine rings is 1. The monoisotopic (exact) mass is 621 g/mol. The quantitative estimate of drug-likeness (QED) is 0.223. The lowest BCUT2D eigenvalue weighted by Crippen LogP contribution is -2.45. The molecular formula is C34H51N7O4. The van der Waals surface area contributed by atoms with E-state index < -0.39 is 12.6 Å². The number of nitrogens with zero attached hydrogens (tertiary/aromatic N) is 6. The second-order valence-corrected chi connectivity index (χ2v) is 12.8. The van der Waals surface area contributed by atoms with Crippen molar-refractivity contribution in [3.05, 3.63) is 60.2 Å². The van der Waals surface area contributed by atoms with Gasteiger partial charge in [-0.15, -0.1) is 0 Å². The number of aromatic nitrogens is 4. The van der Waals surface area contributed by atoms with Gasteiger partial charge in [0.15, 0.2) is 18.1 Å². The molecule has 45 heavy (non-hydrogen) atoms. The van der Waals surface area contributed by atoms with E-state index in [9.17, 15) is 4.79 Å². The number of likely N-dealkylation sites (tertiary alicyclic amines) is 2. The zero-order chi connectivity index (χ0) is 31.6. The minimum absolute atomic E-state index is 0.414. The lowest BCUT2D eigenvalue weighted by Gasteiger charge is -2.42. The predicted octanol–water partition coefficient (Wildman–Crippen LogP) is 4.65. The van der Waals surface area contributed by atoms with Crippen molar-refractivity contribution in [1.29, 1.82) is 0 Å². The van der Waals surface area contributed by atoms with Crippen molar-refractivity contribution < 1.29 is 19.4 Å². The van der Waals surface area contributed by atoms with Gasteiger partial charge in [0.05, 0.1) is 20.2 Å². The highest BCUT2D eigenvalue weighted by molar-refractivity contribution is 5.68. The molecule has 2 aliphatic heterocycles. The number of imidazole rings is 2. The molecule has 0 radical (unpaired) electrons. The van der Waals surface area contributed by atoms with Gasteiger partial charge in [0, 0.05) is 50.5 Å². The summed E-state index contributed by atoms with van der Waals surface area (Å²) in [7, 11) is 1.55. The number of aryl methyl sites for hydroxylation is 1. The summed E-state index contributed by atoms with van der Waals surface area (Å²) in [5, 5.41) is 9.09. The first-order valence-electron chi connectivity index (χ1n) is 16.6. The summed E-state index contributed by atoms with van der Waals surface area (Å²) in [5.41, 5.74) is 1.50. The van der Waals surface area contributed by atoms with Crippen LogP contribution >= 0.6 is 0 Å². The highest BCUT2D eigenvalue weighted by atomic mass is 16.5. The number of hydrogen-bond acceptors (Lipinski definition) is 8. The topological polar surface area (TPSA) is 112 Å². The van der Waals surface area contributed by atoms with E-state index in [0.717, 1.165) is 42.8 Å². The molecule has 2 aromatic heterocycles. The summed E-state index contributed by atoms with van der Waals surface area (Å²) >= 11 is 0. The Morgan fingerprint density at radius 1 is 1.04 bits per heavy atom. The molecule has 1 spiro atoms.